The van der Waals surface area contributed by atoms with Gasteiger partial charge >= 0.3 is 0 Å². The van der Waals surface area contributed by atoms with Gasteiger partial charge < -0.3 is 14.2 Å². The van der Waals surface area contributed by atoms with E-state index < -0.39 is 0 Å². The second-order valence-corrected chi connectivity index (χ2v) is 6.08. The monoisotopic (exact) mass is 275 g/mol. The number of hydrogen-bond donors (Lipinski definition) is 0. The lowest BCUT2D eigenvalue weighted by Crippen LogP contribution is -2.31. The molecule has 0 spiro atoms. The van der Waals surface area contributed by atoms with Crippen molar-refractivity contribution in [2.45, 2.75) is 31.8 Å². The van der Waals surface area contributed by atoms with Crippen LogP contribution in [0.3, 0.4) is 0 Å². The summed E-state index contributed by atoms with van der Waals surface area (Å²) in [5.41, 5.74) is 1.26. The topological polar surface area (TPSA) is 30.9 Å². The Morgan fingerprint density at radius 3 is 2.90 bits per heavy atom. The minimum atomic E-state index is 0.596. The summed E-state index contributed by atoms with van der Waals surface area (Å²) in [6.45, 7) is 3.46. The molecular formula is C16H21NO3. The highest BCUT2D eigenvalue weighted by molar-refractivity contribution is 5.54. The Hall–Kier alpha value is -1.42. The van der Waals surface area contributed by atoms with Crippen molar-refractivity contribution in [3.8, 4) is 17.2 Å². The Morgan fingerprint density at radius 2 is 2.15 bits per heavy atom. The number of likely N-dealkylation sites (tertiary alicyclic amines) is 1. The number of nitrogens with zero attached hydrogens (tertiary/aromatic N) is 1. The zero-order valence-corrected chi connectivity index (χ0v) is 11.9. The van der Waals surface area contributed by atoms with Crippen molar-refractivity contribution in [1.29, 1.82) is 0 Å². The Morgan fingerprint density at radius 1 is 1.25 bits per heavy atom. The molecule has 0 N–H and O–H groups in total. The first-order valence-corrected chi connectivity index (χ1v) is 7.54. The standard InChI is InChI=1S/C16H21NO3/c1-18-14-7-12(8-15-16(14)20-5-4-19-15)10-17-9-11-2-3-13(17)6-11/h7-8,11,13H,2-6,9-10H2,1H3. The average molecular weight is 275 g/mol. The number of ether oxygens (including phenoxy) is 3. The first kappa shape index (κ1) is 12.3. The van der Waals surface area contributed by atoms with E-state index >= 15 is 0 Å². The summed E-state index contributed by atoms with van der Waals surface area (Å²) >= 11 is 0. The van der Waals surface area contributed by atoms with Crippen molar-refractivity contribution in [2.75, 3.05) is 26.9 Å². The highest BCUT2D eigenvalue weighted by atomic mass is 16.6. The minimum absolute atomic E-state index is 0.596. The van der Waals surface area contributed by atoms with E-state index in [-0.39, 0.29) is 0 Å². The van der Waals surface area contributed by atoms with Crippen molar-refractivity contribution in [1.82, 2.24) is 4.90 Å². The molecule has 1 aliphatic carbocycles. The number of rotatable bonds is 3. The molecule has 2 unspecified atom stereocenters. The molecule has 4 rings (SSSR count). The SMILES string of the molecule is COc1cc(CN2CC3CCC2C3)cc2c1OCCO2. The van der Waals surface area contributed by atoms with Crippen molar-refractivity contribution < 1.29 is 14.2 Å². The van der Waals surface area contributed by atoms with Gasteiger partial charge in [-0.2, -0.15) is 0 Å². The van der Waals surface area contributed by atoms with Gasteiger partial charge in [-0.15, -0.1) is 0 Å². The maximum Gasteiger partial charge on any atom is 0.203 e. The molecule has 2 bridgehead atoms. The van der Waals surface area contributed by atoms with E-state index in [9.17, 15) is 0 Å². The molecule has 1 saturated heterocycles. The maximum absolute atomic E-state index is 5.71. The molecule has 2 fully saturated rings. The number of piperidine rings is 1. The summed E-state index contributed by atoms with van der Waals surface area (Å²) in [4.78, 5) is 2.61. The van der Waals surface area contributed by atoms with Gasteiger partial charge in [0.15, 0.2) is 11.5 Å². The summed E-state index contributed by atoms with van der Waals surface area (Å²) in [7, 11) is 1.69. The largest absolute Gasteiger partial charge is 0.493 e. The first-order valence-electron chi connectivity index (χ1n) is 7.54. The Bertz CT molecular complexity index is 499. The van der Waals surface area contributed by atoms with Crippen LogP contribution in [-0.2, 0) is 6.54 Å². The lowest BCUT2D eigenvalue weighted by atomic mass is 10.1. The normalized spacial score (nSPS) is 27.9. The molecule has 4 heteroatoms. The molecule has 20 heavy (non-hydrogen) atoms. The molecule has 2 atom stereocenters. The maximum atomic E-state index is 5.71. The molecule has 1 aromatic carbocycles. The van der Waals surface area contributed by atoms with E-state index in [1.165, 1.54) is 31.4 Å². The van der Waals surface area contributed by atoms with Crippen LogP contribution in [0.25, 0.3) is 0 Å². The average Bonchev–Trinajstić information content (AvgIpc) is 3.09. The molecule has 0 amide bonds. The fraction of sp³-hybridized carbons (Fsp3) is 0.625. The van der Waals surface area contributed by atoms with Gasteiger partial charge in [0.05, 0.1) is 7.11 Å². The smallest absolute Gasteiger partial charge is 0.203 e. The Kier molecular flexibility index (Phi) is 2.99. The van der Waals surface area contributed by atoms with Crippen molar-refractivity contribution in [2.24, 2.45) is 5.92 Å². The molecule has 2 aliphatic heterocycles. The second kappa shape index (κ2) is 4.85. The van der Waals surface area contributed by atoms with E-state index in [0.717, 1.165) is 35.8 Å². The van der Waals surface area contributed by atoms with Crippen LogP contribution in [0.2, 0.25) is 0 Å². The van der Waals surface area contributed by atoms with Gasteiger partial charge in [-0.25, -0.2) is 0 Å². The minimum Gasteiger partial charge on any atom is -0.493 e. The van der Waals surface area contributed by atoms with Crippen LogP contribution < -0.4 is 14.2 Å². The molecular weight excluding hydrogens is 254 g/mol. The van der Waals surface area contributed by atoms with E-state index in [0.29, 0.717) is 13.2 Å². The molecule has 0 aromatic heterocycles. The molecule has 1 aromatic rings. The van der Waals surface area contributed by atoms with E-state index in [1.807, 2.05) is 0 Å². The van der Waals surface area contributed by atoms with Crippen LogP contribution in [0.1, 0.15) is 24.8 Å². The van der Waals surface area contributed by atoms with Crippen LogP contribution in [0.5, 0.6) is 17.2 Å². The molecule has 4 nitrogen and oxygen atoms in total. The summed E-state index contributed by atoms with van der Waals surface area (Å²) in [6, 6.07) is 5.00. The fourth-order valence-electron chi connectivity index (χ4n) is 3.87. The predicted molar refractivity (Wildman–Crippen MR) is 75.5 cm³/mol. The third kappa shape index (κ3) is 2.03. The number of methoxy groups -OCH3 is 1. The van der Waals surface area contributed by atoms with Gasteiger partial charge in [0.2, 0.25) is 5.75 Å². The molecule has 3 aliphatic rings. The van der Waals surface area contributed by atoms with Crippen LogP contribution in [0.15, 0.2) is 12.1 Å². The third-order valence-electron chi connectivity index (χ3n) is 4.80. The Balaban J connectivity index is 1.58. The first-order chi connectivity index (χ1) is 9.83. The number of hydrogen-bond acceptors (Lipinski definition) is 4. The van der Waals surface area contributed by atoms with Gasteiger partial charge in [0.25, 0.3) is 0 Å². The van der Waals surface area contributed by atoms with Gasteiger partial charge in [0, 0.05) is 19.1 Å². The van der Waals surface area contributed by atoms with E-state index in [1.54, 1.807) is 7.11 Å². The van der Waals surface area contributed by atoms with Crippen LogP contribution in [0, 0.1) is 5.92 Å². The Labute approximate surface area is 119 Å². The van der Waals surface area contributed by atoms with Crippen LogP contribution in [-0.4, -0.2) is 37.8 Å². The van der Waals surface area contributed by atoms with Crippen LogP contribution in [0.4, 0.5) is 0 Å². The van der Waals surface area contributed by atoms with Crippen molar-refractivity contribution >= 4 is 0 Å². The number of fused-ring (bicyclic) bond motifs is 3. The summed E-state index contributed by atoms with van der Waals surface area (Å²) in [5.74, 6) is 3.31. The molecule has 1 saturated carbocycles. The highest BCUT2D eigenvalue weighted by Crippen LogP contribution is 2.42. The lowest BCUT2D eigenvalue weighted by molar-refractivity contribution is 0.163. The van der Waals surface area contributed by atoms with Gasteiger partial charge in [-0.05, 0) is 42.9 Å². The van der Waals surface area contributed by atoms with Crippen molar-refractivity contribution in [3.63, 3.8) is 0 Å². The van der Waals surface area contributed by atoms with E-state index in [2.05, 4.69) is 17.0 Å². The van der Waals surface area contributed by atoms with Gasteiger partial charge in [-0.3, -0.25) is 4.90 Å². The lowest BCUT2D eigenvalue weighted by Gasteiger charge is -2.28. The zero-order valence-electron chi connectivity index (χ0n) is 11.9. The van der Waals surface area contributed by atoms with E-state index in [4.69, 9.17) is 14.2 Å². The predicted octanol–water partition coefficient (Wildman–Crippen LogP) is 2.45. The van der Waals surface area contributed by atoms with Crippen molar-refractivity contribution in [3.05, 3.63) is 17.7 Å². The van der Waals surface area contributed by atoms with Gasteiger partial charge in [0.1, 0.15) is 13.2 Å². The molecule has 0 radical (unpaired) electrons. The number of benzene rings is 1. The third-order valence-corrected chi connectivity index (χ3v) is 4.80. The summed E-state index contributed by atoms with van der Waals surface area (Å²) < 4.78 is 16.8. The second-order valence-electron chi connectivity index (χ2n) is 6.08. The summed E-state index contributed by atoms with van der Waals surface area (Å²) in [5, 5.41) is 0. The highest BCUT2D eigenvalue weighted by Gasteiger charge is 2.37. The quantitative estimate of drug-likeness (QED) is 0.848. The van der Waals surface area contributed by atoms with Gasteiger partial charge in [-0.1, -0.05) is 0 Å². The fourth-order valence-corrected chi connectivity index (χ4v) is 3.87. The van der Waals surface area contributed by atoms with Crippen LogP contribution >= 0.6 is 0 Å². The summed E-state index contributed by atoms with van der Waals surface area (Å²) in [6.07, 6.45) is 4.18. The molecule has 2 heterocycles. The molecule has 108 valence electrons. The zero-order chi connectivity index (χ0) is 13.5.